The van der Waals surface area contributed by atoms with Gasteiger partial charge in [0.2, 0.25) is 0 Å². The fourth-order valence-corrected chi connectivity index (χ4v) is 1.69. The molecule has 2 atom stereocenters. The monoisotopic (exact) mass is 167 g/mol. The predicted molar refractivity (Wildman–Crippen MR) is 48.7 cm³/mol. The Labute approximate surface area is 74.4 Å². The Morgan fingerprint density at radius 1 is 1.58 bits per heavy atom. The molecule has 0 aromatic heterocycles. The molecular formula is C9H17N3. The first kappa shape index (κ1) is 9.50. The van der Waals surface area contributed by atoms with Crippen LogP contribution in [0.5, 0.6) is 0 Å². The van der Waals surface area contributed by atoms with Crippen molar-refractivity contribution in [2.24, 2.45) is 5.92 Å². The minimum absolute atomic E-state index is 0.403. The second-order valence-corrected chi connectivity index (χ2v) is 3.72. The summed E-state index contributed by atoms with van der Waals surface area (Å²) in [7, 11) is 2.10. The summed E-state index contributed by atoms with van der Waals surface area (Å²) >= 11 is 0. The van der Waals surface area contributed by atoms with Crippen molar-refractivity contribution in [3.8, 4) is 6.07 Å². The molecule has 0 amide bonds. The molecule has 1 N–H and O–H groups in total. The summed E-state index contributed by atoms with van der Waals surface area (Å²) in [5.74, 6) is 0.693. The first-order chi connectivity index (χ1) is 5.74. The maximum Gasteiger partial charge on any atom is 0.0638 e. The molecule has 0 radical (unpaired) electrons. The van der Waals surface area contributed by atoms with Crippen LogP contribution in [-0.2, 0) is 0 Å². The van der Waals surface area contributed by atoms with Crippen molar-refractivity contribution in [3.63, 3.8) is 0 Å². The third kappa shape index (κ3) is 2.47. The number of nitrogens with zero attached hydrogens (tertiary/aromatic N) is 2. The summed E-state index contributed by atoms with van der Waals surface area (Å²) < 4.78 is 0. The molecule has 1 rings (SSSR count). The van der Waals surface area contributed by atoms with Crippen LogP contribution in [0.2, 0.25) is 0 Å². The van der Waals surface area contributed by atoms with Gasteiger partial charge in [-0.3, -0.25) is 0 Å². The minimum Gasteiger partial charge on any atom is -0.315 e. The second kappa shape index (κ2) is 4.44. The standard InChI is InChI=1S/C9H17N3/c1-8-5-11-6-9(3-4-10)12(2)7-8/h8-9,11H,3,5-7H2,1-2H3. The number of likely N-dealkylation sites (N-methyl/N-ethyl adjacent to an activating group) is 1. The molecule has 1 aliphatic heterocycles. The van der Waals surface area contributed by atoms with E-state index in [4.69, 9.17) is 5.26 Å². The summed E-state index contributed by atoms with van der Waals surface area (Å²) in [6.07, 6.45) is 0.635. The van der Waals surface area contributed by atoms with E-state index in [0.717, 1.165) is 19.6 Å². The zero-order valence-corrected chi connectivity index (χ0v) is 7.88. The van der Waals surface area contributed by atoms with Crippen LogP contribution in [0, 0.1) is 17.2 Å². The summed E-state index contributed by atoms with van der Waals surface area (Å²) in [6, 6.07) is 2.63. The Hall–Kier alpha value is -0.590. The zero-order chi connectivity index (χ0) is 8.97. The quantitative estimate of drug-likeness (QED) is 0.616. The van der Waals surface area contributed by atoms with E-state index >= 15 is 0 Å². The van der Waals surface area contributed by atoms with Crippen LogP contribution in [0.25, 0.3) is 0 Å². The van der Waals surface area contributed by atoms with Crippen LogP contribution in [0.4, 0.5) is 0 Å². The van der Waals surface area contributed by atoms with Crippen molar-refractivity contribution in [1.29, 1.82) is 5.26 Å². The van der Waals surface area contributed by atoms with Crippen molar-refractivity contribution >= 4 is 0 Å². The molecule has 3 nitrogen and oxygen atoms in total. The molecule has 1 heterocycles. The molecule has 0 aliphatic carbocycles. The van der Waals surface area contributed by atoms with Crippen LogP contribution in [0.3, 0.4) is 0 Å². The van der Waals surface area contributed by atoms with Gasteiger partial charge in [-0.05, 0) is 19.5 Å². The number of hydrogen-bond acceptors (Lipinski definition) is 3. The maximum absolute atomic E-state index is 8.59. The first-order valence-corrected chi connectivity index (χ1v) is 4.52. The lowest BCUT2D eigenvalue weighted by Crippen LogP contribution is -2.36. The lowest BCUT2D eigenvalue weighted by molar-refractivity contribution is 0.240. The Kier molecular flexibility index (Phi) is 3.51. The van der Waals surface area contributed by atoms with Gasteiger partial charge < -0.3 is 10.2 Å². The second-order valence-electron chi connectivity index (χ2n) is 3.72. The molecule has 12 heavy (non-hydrogen) atoms. The summed E-state index contributed by atoms with van der Waals surface area (Å²) in [4.78, 5) is 2.29. The Morgan fingerprint density at radius 3 is 3.00 bits per heavy atom. The van der Waals surface area contributed by atoms with Crippen LogP contribution in [0.1, 0.15) is 13.3 Å². The van der Waals surface area contributed by atoms with Gasteiger partial charge in [0.05, 0.1) is 12.5 Å². The average molecular weight is 167 g/mol. The maximum atomic E-state index is 8.59. The normalized spacial score (nSPS) is 32.4. The lowest BCUT2D eigenvalue weighted by atomic mass is 10.1. The van der Waals surface area contributed by atoms with Crippen molar-refractivity contribution in [1.82, 2.24) is 10.2 Å². The zero-order valence-electron chi connectivity index (χ0n) is 7.88. The van der Waals surface area contributed by atoms with E-state index in [1.807, 2.05) is 0 Å². The number of nitriles is 1. The fraction of sp³-hybridized carbons (Fsp3) is 0.889. The van der Waals surface area contributed by atoms with E-state index in [2.05, 4.69) is 30.3 Å². The molecule has 0 saturated carbocycles. The smallest absolute Gasteiger partial charge is 0.0638 e. The fourth-order valence-electron chi connectivity index (χ4n) is 1.69. The summed E-state index contributed by atoms with van der Waals surface area (Å²) in [6.45, 7) is 5.36. The third-order valence-corrected chi connectivity index (χ3v) is 2.42. The van der Waals surface area contributed by atoms with Crippen LogP contribution >= 0.6 is 0 Å². The highest BCUT2D eigenvalue weighted by atomic mass is 15.2. The van der Waals surface area contributed by atoms with Crippen molar-refractivity contribution in [2.75, 3.05) is 26.7 Å². The van der Waals surface area contributed by atoms with E-state index in [-0.39, 0.29) is 0 Å². The Morgan fingerprint density at radius 2 is 2.33 bits per heavy atom. The van der Waals surface area contributed by atoms with Crippen molar-refractivity contribution in [3.05, 3.63) is 0 Å². The Balaban J connectivity index is 2.47. The highest BCUT2D eigenvalue weighted by molar-refractivity contribution is 4.85. The molecule has 2 unspecified atom stereocenters. The van der Waals surface area contributed by atoms with Crippen LogP contribution in [-0.4, -0.2) is 37.6 Å². The molecular weight excluding hydrogens is 150 g/mol. The van der Waals surface area contributed by atoms with E-state index in [0.29, 0.717) is 18.4 Å². The van der Waals surface area contributed by atoms with Gasteiger partial charge in [-0.15, -0.1) is 0 Å². The van der Waals surface area contributed by atoms with E-state index in [1.54, 1.807) is 0 Å². The van der Waals surface area contributed by atoms with Gasteiger partial charge in [0.25, 0.3) is 0 Å². The van der Waals surface area contributed by atoms with Gasteiger partial charge in [-0.25, -0.2) is 0 Å². The number of hydrogen-bond donors (Lipinski definition) is 1. The van der Waals surface area contributed by atoms with E-state index in [1.165, 1.54) is 0 Å². The van der Waals surface area contributed by atoms with Gasteiger partial charge >= 0.3 is 0 Å². The molecule has 68 valence electrons. The van der Waals surface area contributed by atoms with Gasteiger partial charge in [-0.2, -0.15) is 5.26 Å². The minimum atomic E-state index is 0.403. The lowest BCUT2D eigenvalue weighted by Gasteiger charge is -2.23. The largest absolute Gasteiger partial charge is 0.315 e. The topological polar surface area (TPSA) is 39.1 Å². The molecule has 3 heteroatoms. The van der Waals surface area contributed by atoms with E-state index < -0.39 is 0 Å². The highest BCUT2D eigenvalue weighted by Crippen LogP contribution is 2.08. The molecule has 1 saturated heterocycles. The SMILES string of the molecule is CC1CNCC(CC#N)N(C)C1. The molecule has 0 aromatic carbocycles. The molecule has 0 spiro atoms. The van der Waals surface area contributed by atoms with Crippen LogP contribution < -0.4 is 5.32 Å². The highest BCUT2D eigenvalue weighted by Gasteiger charge is 2.19. The van der Waals surface area contributed by atoms with Crippen LogP contribution in [0.15, 0.2) is 0 Å². The first-order valence-electron chi connectivity index (χ1n) is 4.52. The summed E-state index contributed by atoms with van der Waals surface area (Å²) in [5.41, 5.74) is 0. The molecule has 1 aliphatic rings. The van der Waals surface area contributed by atoms with Gasteiger partial charge in [-0.1, -0.05) is 6.92 Å². The molecule has 1 fully saturated rings. The van der Waals surface area contributed by atoms with Crippen molar-refractivity contribution in [2.45, 2.75) is 19.4 Å². The number of rotatable bonds is 1. The number of nitrogens with one attached hydrogen (secondary N) is 1. The van der Waals surface area contributed by atoms with Gasteiger partial charge in [0.1, 0.15) is 0 Å². The predicted octanol–water partition coefficient (Wildman–Crippen LogP) is 0.440. The van der Waals surface area contributed by atoms with Gasteiger partial charge in [0, 0.05) is 19.1 Å². The third-order valence-electron chi connectivity index (χ3n) is 2.42. The summed E-state index contributed by atoms with van der Waals surface area (Å²) in [5, 5.41) is 12.0. The Bertz CT molecular complexity index is 173. The van der Waals surface area contributed by atoms with Gasteiger partial charge in [0.15, 0.2) is 0 Å². The molecule has 0 bridgehead atoms. The molecule has 0 aromatic rings. The average Bonchev–Trinajstić information content (AvgIpc) is 2.15. The van der Waals surface area contributed by atoms with E-state index in [9.17, 15) is 0 Å². The van der Waals surface area contributed by atoms with Crippen molar-refractivity contribution < 1.29 is 0 Å².